The monoisotopic (exact) mass is 223 g/mol. The highest BCUT2D eigenvalue weighted by molar-refractivity contribution is 5.71. The van der Waals surface area contributed by atoms with Crippen LogP contribution >= 0.6 is 0 Å². The Hall–Kier alpha value is -1.55. The topological polar surface area (TPSA) is 47.6 Å². The Morgan fingerprint density at radius 3 is 2.56 bits per heavy atom. The van der Waals surface area contributed by atoms with Gasteiger partial charge in [0.25, 0.3) is 0 Å². The molecule has 0 radical (unpaired) electrons. The summed E-state index contributed by atoms with van der Waals surface area (Å²) in [6.07, 6.45) is 0. The summed E-state index contributed by atoms with van der Waals surface area (Å²) in [6, 6.07) is 7.50. The standard InChI is InChI=1S/C12H17NO3/c1-3-15-11-6-4-10(5-7-11)9-16-12(14)8-13-2/h4-7,13H,3,8-9H2,1-2H3. The second-order valence-electron chi connectivity index (χ2n) is 3.27. The molecule has 4 heteroatoms. The van der Waals surface area contributed by atoms with Crippen molar-refractivity contribution in [1.82, 2.24) is 5.32 Å². The van der Waals surface area contributed by atoms with Crippen LogP contribution in [0.15, 0.2) is 24.3 Å². The van der Waals surface area contributed by atoms with Gasteiger partial charge >= 0.3 is 5.97 Å². The molecule has 0 fully saturated rings. The molecule has 4 nitrogen and oxygen atoms in total. The summed E-state index contributed by atoms with van der Waals surface area (Å²) < 4.78 is 10.3. The predicted molar refractivity (Wildman–Crippen MR) is 61.3 cm³/mol. The van der Waals surface area contributed by atoms with Crippen molar-refractivity contribution in [2.75, 3.05) is 20.2 Å². The van der Waals surface area contributed by atoms with E-state index in [-0.39, 0.29) is 12.5 Å². The number of likely N-dealkylation sites (N-methyl/N-ethyl adjacent to an activating group) is 1. The van der Waals surface area contributed by atoms with Crippen LogP contribution in [0, 0.1) is 0 Å². The van der Waals surface area contributed by atoms with Crippen LogP contribution < -0.4 is 10.1 Å². The van der Waals surface area contributed by atoms with E-state index in [1.54, 1.807) is 7.05 Å². The van der Waals surface area contributed by atoms with E-state index < -0.39 is 0 Å². The molecular formula is C12H17NO3. The largest absolute Gasteiger partial charge is 0.494 e. The molecule has 0 atom stereocenters. The molecule has 0 aliphatic heterocycles. The van der Waals surface area contributed by atoms with E-state index in [0.29, 0.717) is 13.2 Å². The number of hydrogen-bond donors (Lipinski definition) is 1. The molecule has 0 saturated carbocycles. The first kappa shape index (κ1) is 12.5. The smallest absolute Gasteiger partial charge is 0.320 e. The van der Waals surface area contributed by atoms with Crippen LogP contribution in [0.25, 0.3) is 0 Å². The van der Waals surface area contributed by atoms with Crippen LogP contribution in [0.1, 0.15) is 12.5 Å². The third-order valence-electron chi connectivity index (χ3n) is 1.96. The molecule has 16 heavy (non-hydrogen) atoms. The first-order chi connectivity index (χ1) is 7.76. The molecule has 0 bridgehead atoms. The average Bonchev–Trinajstić information content (AvgIpc) is 2.29. The van der Waals surface area contributed by atoms with Crippen molar-refractivity contribution < 1.29 is 14.3 Å². The van der Waals surface area contributed by atoms with Crippen molar-refractivity contribution in [2.45, 2.75) is 13.5 Å². The lowest BCUT2D eigenvalue weighted by Crippen LogP contribution is -2.20. The lowest BCUT2D eigenvalue weighted by Gasteiger charge is -2.06. The minimum atomic E-state index is -0.253. The fourth-order valence-electron chi connectivity index (χ4n) is 1.21. The number of carbonyl (C=O) groups is 1. The lowest BCUT2D eigenvalue weighted by atomic mass is 10.2. The van der Waals surface area contributed by atoms with Gasteiger partial charge in [-0.05, 0) is 31.7 Å². The van der Waals surface area contributed by atoms with Gasteiger partial charge in [-0.3, -0.25) is 4.79 Å². The Morgan fingerprint density at radius 1 is 1.31 bits per heavy atom. The normalized spacial score (nSPS) is 9.88. The zero-order valence-electron chi connectivity index (χ0n) is 9.66. The van der Waals surface area contributed by atoms with Gasteiger partial charge in [0, 0.05) is 0 Å². The van der Waals surface area contributed by atoms with Crippen molar-refractivity contribution >= 4 is 5.97 Å². The molecule has 0 saturated heterocycles. The Morgan fingerprint density at radius 2 is 2.00 bits per heavy atom. The van der Waals surface area contributed by atoms with Crippen LogP contribution in [0.5, 0.6) is 5.75 Å². The van der Waals surface area contributed by atoms with Crippen LogP contribution in [0.2, 0.25) is 0 Å². The van der Waals surface area contributed by atoms with E-state index >= 15 is 0 Å². The molecular weight excluding hydrogens is 206 g/mol. The van der Waals surface area contributed by atoms with Crippen molar-refractivity contribution in [1.29, 1.82) is 0 Å². The quantitative estimate of drug-likeness (QED) is 0.739. The Balaban J connectivity index is 2.40. The lowest BCUT2D eigenvalue weighted by molar-refractivity contribution is -0.143. The highest BCUT2D eigenvalue weighted by atomic mass is 16.5. The SMILES string of the molecule is CCOc1ccc(COC(=O)CNC)cc1. The zero-order valence-corrected chi connectivity index (χ0v) is 9.66. The van der Waals surface area contributed by atoms with Crippen molar-refractivity contribution in [3.05, 3.63) is 29.8 Å². The minimum absolute atomic E-state index is 0.233. The third-order valence-corrected chi connectivity index (χ3v) is 1.96. The van der Waals surface area contributed by atoms with Crippen LogP contribution in [-0.2, 0) is 16.1 Å². The molecule has 0 heterocycles. The maximum absolute atomic E-state index is 11.1. The first-order valence-electron chi connectivity index (χ1n) is 5.28. The number of ether oxygens (including phenoxy) is 2. The van der Waals surface area contributed by atoms with E-state index in [4.69, 9.17) is 9.47 Å². The van der Waals surface area contributed by atoms with Gasteiger partial charge in [-0.25, -0.2) is 0 Å². The minimum Gasteiger partial charge on any atom is -0.494 e. The summed E-state index contributed by atoms with van der Waals surface area (Å²) in [5, 5.41) is 2.74. The molecule has 88 valence electrons. The second kappa shape index (κ2) is 6.85. The number of hydrogen-bond acceptors (Lipinski definition) is 4. The summed E-state index contributed by atoms with van der Waals surface area (Å²) >= 11 is 0. The Kier molecular flexibility index (Phi) is 5.36. The highest BCUT2D eigenvalue weighted by Gasteiger charge is 2.01. The molecule has 0 amide bonds. The highest BCUT2D eigenvalue weighted by Crippen LogP contribution is 2.12. The molecule has 0 aliphatic rings. The van der Waals surface area contributed by atoms with Gasteiger partial charge in [-0.15, -0.1) is 0 Å². The number of esters is 1. The van der Waals surface area contributed by atoms with Crippen LogP contribution in [0.3, 0.4) is 0 Å². The van der Waals surface area contributed by atoms with Crippen molar-refractivity contribution in [3.63, 3.8) is 0 Å². The summed E-state index contributed by atoms with van der Waals surface area (Å²) in [5.41, 5.74) is 0.952. The molecule has 1 aromatic rings. The molecule has 1 N–H and O–H groups in total. The Bertz CT molecular complexity index is 322. The number of nitrogens with one attached hydrogen (secondary N) is 1. The zero-order chi connectivity index (χ0) is 11.8. The fourth-order valence-corrected chi connectivity index (χ4v) is 1.21. The van der Waals surface area contributed by atoms with Crippen LogP contribution in [-0.4, -0.2) is 26.2 Å². The number of carbonyl (C=O) groups excluding carboxylic acids is 1. The van der Waals surface area contributed by atoms with Gasteiger partial charge in [-0.2, -0.15) is 0 Å². The van der Waals surface area contributed by atoms with Gasteiger partial charge in [0.2, 0.25) is 0 Å². The maximum atomic E-state index is 11.1. The van der Waals surface area contributed by atoms with Gasteiger partial charge in [0.05, 0.1) is 13.2 Å². The molecule has 0 spiro atoms. The Labute approximate surface area is 95.6 Å². The van der Waals surface area contributed by atoms with Gasteiger partial charge in [0.1, 0.15) is 12.4 Å². The van der Waals surface area contributed by atoms with Gasteiger partial charge in [-0.1, -0.05) is 12.1 Å². The summed E-state index contributed by atoms with van der Waals surface area (Å²) in [6.45, 7) is 3.12. The number of benzene rings is 1. The second-order valence-corrected chi connectivity index (χ2v) is 3.27. The fraction of sp³-hybridized carbons (Fsp3) is 0.417. The van der Waals surface area contributed by atoms with E-state index in [9.17, 15) is 4.79 Å². The molecule has 0 aromatic heterocycles. The van der Waals surface area contributed by atoms with Gasteiger partial charge in [0.15, 0.2) is 0 Å². The molecule has 0 aliphatic carbocycles. The summed E-state index contributed by atoms with van der Waals surface area (Å²) in [5.74, 6) is 0.573. The maximum Gasteiger partial charge on any atom is 0.320 e. The number of rotatable bonds is 6. The summed E-state index contributed by atoms with van der Waals surface area (Å²) in [4.78, 5) is 11.1. The molecule has 0 unspecified atom stereocenters. The van der Waals surface area contributed by atoms with E-state index in [2.05, 4.69) is 5.32 Å². The van der Waals surface area contributed by atoms with E-state index in [1.165, 1.54) is 0 Å². The average molecular weight is 223 g/mol. The first-order valence-corrected chi connectivity index (χ1v) is 5.28. The van der Waals surface area contributed by atoms with Gasteiger partial charge < -0.3 is 14.8 Å². The molecule has 1 aromatic carbocycles. The van der Waals surface area contributed by atoms with Crippen molar-refractivity contribution in [3.8, 4) is 5.75 Å². The molecule has 1 rings (SSSR count). The van der Waals surface area contributed by atoms with E-state index in [1.807, 2.05) is 31.2 Å². The third kappa shape index (κ3) is 4.31. The van der Waals surface area contributed by atoms with E-state index in [0.717, 1.165) is 11.3 Å². The summed E-state index contributed by atoms with van der Waals surface area (Å²) in [7, 11) is 1.71. The predicted octanol–water partition coefficient (Wildman–Crippen LogP) is 1.35. The van der Waals surface area contributed by atoms with Crippen molar-refractivity contribution in [2.24, 2.45) is 0 Å². The van der Waals surface area contributed by atoms with Crippen LogP contribution in [0.4, 0.5) is 0 Å².